The summed E-state index contributed by atoms with van der Waals surface area (Å²) >= 11 is 4.80. The van der Waals surface area contributed by atoms with E-state index in [1.165, 1.54) is 30.0 Å². The molecule has 2 aromatic carbocycles. The molecule has 2 aromatic rings. The number of benzene rings is 2. The van der Waals surface area contributed by atoms with Gasteiger partial charge in [-0.2, -0.15) is 0 Å². The molecule has 1 atom stereocenters. The average molecular weight is 359 g/mol. The summed E-state index contributed by atoms with van der Waals surface area (Å²) in [5, 5.41) is 9.90. The Balaban J connectivity index is 1.92. The fourth-order valence-electron chi connectivity index (χ4n) is 1.75. The lowest BCUT2D eigenvalue weighted by atomic mass is 10.1. The molecule has 2 rings (SSSR count). The Morgan fingerprint density at radius 1 is 1.05 bits per heavy atom. The third kappa shape index (κ3) is 4.30. The number of halogens is 3. The highest BCUT2D eigenvalue weighted by Crippen LogP contribution is 2.23. The van der Waals surface area contributed by atoms with Gasteiger partial charge in [0.1, 0.15) is 11.6 Å². The van der Waals surface area contributed by atoms with Gasteiger partial charge in [0.05, 0.1) is 6.10 Å². The first kappa shape index (κ1) is 15.5. The maximum Gasteiger partial charge on any atom is 0.129 e. The summed E-state index contributed by atoms with van der Waals surface area (Å²) in [6.45, 7) is 0. The average Bonchev–Trinajstić information content (AvgIpc) is 2.42. The molecule has 5 heteroatoms. The minimum atomic E-state index is -0.796. The maximum atomic E-state index is 13.5. The number of aliphatic hydroxyl groups excluding tert-OH is 1. The predicted octanol–water partition coefficient (Wildman–Crippen LogP) is 4.42. The van der Waals surface area contributed by atoms with Crippen molar-refractivity contribution in [3.05, 3.63) is 64.1 Å². The summed E-state index contributed by atoms with van der Waals surface area (Å²) < 4.78 is 27.9. The molecule has 106 valence electrons. The first-order valence-electron chi connectivity index (χ1n) is 6.05. The molecule has 0 aliphatic carbocycles. The van der Waals surface area contributed by atoms with Crippen LogP contribution in [0, 0.1) is 11.6 Å². The van der Waals surface area contributed by atoms with Crippen molar-refractivity contribution >= 4 is 27.7 Å². The monoisotopic (exact) mass is 358 g/mol. The summed E-state index contributed by atoms with van der Waals surface area (Å²) in [6, 6.07) is 11.4. The minimum Gasteiger partial charge on any atom is -0.392 e. The highest BCUT2D eigenvalue weighted by Gasteiger charge is 2.14. The van der Waals surface area contributed by atoms with Gasteiger partial charge in [-0.25, -0.2) is 8.78 Å². The molecule has 0 aliphatic rings. The topological polar surface area (TPSA) is 20.2 Å². The summed E-state index contributed by atoms with van der Waals surface area (Å²) in [5.41, 5.74) is -0.0589. The first-order chi connectivity index (χ1) is 9.56. The number of thioether (sulfide) groups is 1. The molecule has 0 aliphatic heterocycles. The van der Waals surface area contributed by atoms with Crippen LogP contribution in [0.25, 0.3) is 0 Å². The highest BCUT2D eigenvalue weighted by molar-refractivity contribution is 9.10. The van der Waals surface area contributed by atoms with Gasteiger partial charge < -0.3 is 5.11 Å². The largest absolute Gasteiger partial charge is 0.392 e. The van der Waals surface area contributed by atoms with Crippen molar-refractivity contribution in [1.82, 2.24) is 0 Å². The van der Waals surface area contributed by atoms with Crippen molar-refractivity contribution in [3.8, 4) is 0 Å². The summed E-state index contributed by atoms with van der Waals surface area (Å²) in [7, 11) is 0. The van der Waals surface area contributed by atoms with Crippen molar-refractivity contribution in [2.75, 3.05) is 5.75 Å². The van der Waals surface area contributed by atoms with Crippen LogP contribution in [0.15, 0.2) is 51.8 Å². The van der Waals surface area contributed by atoms with Crippen molar-refractivity contribution < 1.29 is 13.9 Å². The quantitative estimate of drug-likeness (QED) is 0.798. The second kappa shape index (κ2) is 7.20. The van der Waals surface area contributed by atoms with Crippen LogP contribution >= 0.6 is 27.7 Å². The summed E-state index contributed by atoms with van der Waals surface area (Å²) in [4.78, 5) is 1.00. The Hall–Kier alpha value is -0.910. The van der Waals surface area contributed by atoms with Crippen LogP contribution < -0.4 is 0 Å². The Morgan fingerprint density at radius 2 is 1.65 bits per heavy atom. The minimum absolute atomic E-state index is 0.0258. The molecular formula is C15H13BrF2OS. The zero-order valence-electron chi connectivity index (χ0n) is 10.5. The molecular weight excluding hydrogens is 346 g/mol. The van der Waals surface area contributed by atoms with Crippen molar-refractivity contribution in [2.24, 2.45) is 0 Å². The number of hydrogen-bond donors (Lipinski definition) is 1. The number of aliphatic hydroxyl groups is 1. The van der Waals surface area contributed by atoms with E-state index in [0.717, 1.165) is 9.37 Å². The van der Waals surface area contributed by atoms with Gasteiger partial charge in [0.25, 0.3) is 0 Å². The normalized spacial score (nSPS) is 12.4. The molecule has 1 N–H and O–H groups in total. The van der Waals surface area contributed by atoms with E-state index in [0.29, 0.717) is 5.75 Å². The van der Waals surface area contributed by atoms with E-state index in [2.05, 4.69) is 15.9 Å². The predicted molar refractivity (Wildman–Crippen MR) is 80.9 cm³/mol. The van der Waals surface area contributed by atoms with Gasteiger partial charge in [0.2, 0.25) is 0 Å². The lowest BCUT2D eigenvalue weighted by Crippen LogP contribution is -2.15. The third-order valence-corrected chi connectivity index (χ3v) is 4.44. The van der Waals surface area contributed by atoms with E-state index < -0.39 is 17.7 Å². The van der Waals surface area contributed by atoms with Crippen molar-refractivity contribution in [1.29, 1.82) is 0 Å². The summed E-state index contributed by atoms with van der Waals surface area (Å²) in [5.74, 6) is -0.842. The molecule has 0 aromatic heterocycles. The molecule has 1 nitrogen and oxygen atoms in total. The van der Waals surface area contributed by atoms with Crippen LogP contribution in [0.1, 0.15) is 5.56 Å². The standard InChI is InChI=1S/C15H13BrF2OS/c16-10-4-6-12(7-5-10)20-9-11(19)8-13-14(17)2-1-3-15(13)18/h1-7,11,19H,8-9H2. The van der Waals surface area contributed by atoms with Crippen LogP contribution in [0.4, 0.5) is 8.78 Å². The number of hydrogen-bond acceptors (Lipinski definition) is 2. The van der Waals surface area contributed by atoms with Gasteiger partial charge in [0, 0.05) is 27.1 Å². The second-order valence-electron chi connectivity index (χ2n) is 4.32. The Bertz CT molecular complexity index is 554. The molecule has 1 unspecified atom stereocenters. The molecule has 0 spiro atoms. The van der Waals surface area contributed by atoms with Gasteiger partial charge in [-0.15, -0.1) is 11.8 Å². The van der Waals surface area contributed by atoms with Crippen LogP contribution in [0.2, 0.25) is 0 Å². The van der Waals surface area contributed by atoms with Crippen molar-refractivity contribution in [2.45, 2.75) is 17.4 Å². The Labute approximate surface area is 129 Å². The van der Waals surface area contributed by atoms with Crippen LogP contribution in [-0.2, 0) is 6.42 Å². The first-order valence-corrected chi connectivity index (χ1v) is 7.83. The van der Waals surface area contributed by atoms with Crippen molar-refractivity contribution in [3.63, 3.8) is 0 Å². The molecule has 0 radical (unpaired) electrons. The van der Waals surface area contributed by atoms with Crippen LogP contribution in [0.3, 0.4) is 0 Å². The van der Waals surface area contributed by atoms with Gasteiger partial charge in [-0.3, -0.25) is 0 Å². The van der Waals surface area contributed by atoms with Gasteiger partial charge >= 0.3 is 0 Å². The van der Waals surface area contributed by atoms with Crippen LogP contribution in [-0.4, -0.2) is 17.0 Å². The summed E-state index contributed by atoms with van der Waals surface area (Å²) in [6.07, 6.45) is -0.822. The molecule has 0 heterocycles. The molecule has 0 saturated carbocycles. The van der Waals surface area contributed by atoms with Gasteiger partial charge in [0.15, 0.2) is 0 Å². The van der Waals surface area contributed by atoms with E-state index in [-0.39, 0.29) is 12.0 Å². The maximum absolute atomic E-state index is 13.5. The SMILES string of the molecule is OC(CSc1ccc(Br)cc1)Cc1c(F)cccc1F. The highest BCUT2D eigenvalue weighted by atomic mass is 79.9. The fourth-order valence-corrected chi connectivity index (χ4v) is 2.84. The smallest absolute Gasteiger partial charge is 0.129 e. The zero-order valence-corrected chi connectivity index (χ0v) is 12.9. The van der Waals surface area contributed by atoms with Gasteiger partial charge in [-0.05, 0) is 36.4 Å². The molecule has 0 bridgehead atoms. The molecule has 20 heavy (non-hydrogen) atoms. The fraction of sp³-hybridized carbons (Fsp3) is 0.200. The lowest BCUT2D eigenvalue weighted by Gasteiger charge is -2.11. The van der Waals surface area contributed by atoms with E-state index in [9.17, 15) is 13.9 Å². The molecule has 0 amide bonds. The van der Waals surface area contributed by atoms with E-state index in [1.807, 2.05) is 24.3 Å². The molecule has 0 fully saturated rings. The van der Waals surface area contributed by atoms with E-state index in [4.69, 9.17) is 0 Å². The molecule has 0 saturated heterocycles. The Morgan fingerprint density at radius 3 is 2.25 bits per heavy atom. The lowest BCUT2D eigenvalue weighted by molar-refractivity contribution is 0.197. The number of rotatable bonds is 5. The van der Waals surface area contributed by atoms with E-state index >= 15 is 0 Å². The second-order valence-corrected chi connectivity index (χ2v) is 6.33. The van der Waals surface area contributed by atoms with E-state index in [1.54, 1.807) is 0 Å². The zero-order chi connectivity index (χ0) is 14.5. The van der Waals surface area contributed by atoms with Crippen LogP contribution in [0.5, 0.6) is 0 Å². The Kier molecular flexibility index (Phi) is 5.57. The van der Waals surface area contributed by atoms with Gasteiger partial charge in [-0.1, -0.05) is 22.0 Å². The third-order valence-electron chi connectivity index (χ3n) is 2.76.